The number of benzene rings is 1. The minimum absolute atomic E-state index is 0.0652. The van der Waals surface area contributed by atoms with Gasteiger partial charge in [-0.1, -0.05) is 11.8 Å². The Balaban J connectivity index is 3.05. The fraction of sp³-hybridized carbons (Fsp3) is 0.182. The van der Waals surface area contributed by atoms with E-state index in [0.29, 0.717) is 10.9 Å². The third kappa shape index (κ3) is 3.40. The van der Waals surface area contributed by atoms with E-state index in [4.69, 9.17) is 5.26 Å². The third-order valence-corrected chi connectivity index (χ3v) is 2.55. The average Bonchev–Trinajstić information content (AvgIpc) is 2.37. The van der Waals surface area contributed by atoms with E-state index in [1.54, 1.807) is 18.5 Å². The predicted molar refractivity (Wildman–Crippen MR) is 68.8 cm³/mol. The van der Waals surface area contributed by atoms with E-state index in [1.807, 2.05) is 0 Å². The second-order valence-electron chi connectivity index (χ2n) is 3.05. The molecule has 0 fully saturated rings. The number of esters is 1. The number of hydrogen-bond acceptors (Lipinski definition) is 6. The van der Waals surface area contributed by atoms with Crippen LogP contribution in [0.2, 0.25) is 0 Å². The normalized spacial score (nSPS) is 10.6. The van der Waals surface area contributed by atoms with Crippen molar-refractivity contribution in [2.75, 3.05) is 13.4 Å². The van der Waals surface area contributed by atoms with Crippen LogP contribution >= 0.6 is 11.8 Å². The third-order valence-electron chi connectivity index (χ3n) is 1.97. The van der Waals surface area contributed by atoms with Gasteiger partial charge in [0.2, 0.25) is 0 Å². The number of amidine groups is 1. The zero-order valence-electron chi connectivity index (χ0n) is 9.80. The minimum atomic E-state index is -0.622. The number of phenols is 1. The molecule has 0 spiro atoms. The van der Waals surface area contributed by atoms with Gasteiger partial charge in [-0.15, -0.1) is 0 Å². The molecule has 0 atom stereocenters. The molecule has 0 aliphatic carbocycles. The van der Waals surface area contributed by atoms with Gasteiger partial charge in [0.25, 0.3) is 0 Å². The molecular formula is C11H11N3O3S. The Labute approximate surface area is 108 Å². The first kappa shape index (κ1) is 13.9. The Morgan fingerprint density at radius 3 is 2.83 bits per heavy atom. The van der Waals surface area contributed by atoms with Gasteiger partial charge >= 0.3 is 5.97 Å². The van der Waals surface area contributed by atoms with Crippen LogP contribution in [0.15, 0.2) is 23.2 Å². The van der Waals surface area contributed by atoms with Crippen molar-refractivity contribution in [2.24, 2.45) is 4.99 Å². The average molecular weight is 265 g/mol. The van der Waals surface area contributed by atoms with Crippen LogP contribution in [0.3, 0.4) is 0 Å². The summed E-state index contributed by atoms with van der Waals surface area (Å²) in [5, 5.41) is 20.9. The second-order valence-corrected chi connectivity index (χ2v) is 3.85. The van der Waals surface area contributed by atoms with Gasteiger partial charge in [0, 0.05) is 6.07 Å². The summed E-state index contributed by atoms with van der Waals surface area (Å²) in [6.07, 6.45) is 3.51. The van der Waals surface area contributed by atoms with Crippen LogP contribution in [-0.2, 0) is 4.74 Å². The number of ether oxygens (including phenoxy) is 1. The van der Waals surface area contributed by atoms with E-state index >= 15 is 0 Å². The number of nitrogens with one attached hydrogen (secondary N) is 1. The largest absolute Gasteiger partial charge is 0.507 e. The molecule has 0 radical (unpaired) electrons. The van der Waals surface area contributed by atoms with Crippen LogP contribution < -0.4 is 5.32 Å². The summed E-state index contributed by atoms with van der Waals surface area (Å²) in [5.74, 6) is -0.844. The first-order valence-electron chi connectivity index (χ1n) is 4.81. The van der Waals surface area contributed by atoms with Gasteiger partial charge in [0.1, 0.15) is 11.3 Å². The topological polar surface area (TPSA) is 94.7 Å². The fourth-order valence-electron chi connectivity index (χ4n) is 1.16. The van der Waals surface area contributed by atoms with Crippen molar-refractivity contribution in [1.29, 1.82) is 5.26 Å². The van der Waals surface area contributed by atoms with Crippen molar-refractivity contribution < 1.29 is 14.6 Å². The molecule has 1 aromatic carbocycles. The number of nitrogens with zero attached hydrogens (tertiary/aromatic N) is 2. The molecule has 2 N–H and O–H groups in total. The van der Waals surface area contributed by atoms with Gasteiger partial charge in [0.15, 0.2) is 11.4 Å². The van der Waals surface area contributed by atoms with E-state index in [2.05, 4.69) is 15.0 Å². The Morgan fingerprint density at radius 2 is 2.33 bits per heavy atom. The molecule has 0 unspecified atom stereocenters. The highest BCUT2D eigenvalue weighted by atomic mass is 32.2. The van der Waals surface area contributed by atoms with Crippen LogP contribution in [0.4, 0.5) is 5.69 Å². The van der Waals surface area contributed by atoms with Crippen molar-refractivity contribution in [1.82, 2.24) is 5.32 Å². The number of carbonyl (C=O) groups excluding carboxylic acids is 1. The maximum Gasteiger partial charge on any atom is 0.341 e. The van der Waals surface area contributed by atoms with E-state index < -0.39 is 5.97 Å². The van der Waals surface area contributed by atoms with E-state index in [-0.39, 0.29) is 11.3 Å². The number of aliphatic imine (C=N–C) groups is 1. The smallest absolute Gasteiger partial charge is 0.341 e. The lowest BCUT2D eigenvalue weighted by molar-refractivity contribution is 0.0597. The predicted octanol–water partition coefficient (Wildman–Crippen LogP) is 1.60. The van der Waals surface area contributed by atoms with Crippen LogP contribution in [-0.4, -0.2) is 29.6 Å². The highest BCUT2D eigenvalue weighted by molar-refractivity contribution is 8.13. The zero-order valence-corrected chi connectivity index (χ0v) is 10.6. The van der Waals surface area contributed by atoms with E-state index in [1.165, 1.54) is 31.0 Å². The van der Waals surface area contributed by atoms with Gasteiger partial charge in [-0.25, -0.2) is 9.79 Å². The van der Waals surface area contributed by atoms with E-state index in [9.17, 15) is 9.90 Å². The lowest BCUT2D eigenvalue weighted by Crippen LogP contribution is -2.12. The second kappa shape index (κ2) is 6.51. The van der Waals surface area contributed by atoms with Gasteiger partial charge in [-0.2, -0.15) is 5.26 Å². The molecule has 1 rings (SSSR count). The summed E-state index contributed by atoms with van der Waals surface area (Å²) >= 11 is 1.25. The number of aromatic hydroxyl groups is 1. The number of thioether (sulfide) groups is 1. The van der Waals surface area contributed by atoms with Crippen molar-refractivity contribution in [3.8, 4) is 11.9 Å². The molecule has 7 heteroatoms. The van der Waals surface area contributed by atoms with Gasteiger partial charge in [0.05, 0.1) is 12.8 Å². The van der Waals surface area contributed by atoms with Gasteiger partial charge in [-0.05, 0) is 18.4 Å². The summed E-state index contributed by atoms with van der Waals surface area (Å²) in [5.41, 5.74) is 0.489. The lowest BCUT2D eigenvalue weighted by atomic mass is 10.2. The Kier molecular flexibility index (Phi) is 5.02. The number of hydrogen-bond donors (Lipinski definition) is 2. The molecule has 0 bridgehead atoms. The molecule has 0 saturated carbocycles. The molecule has 6 nitrogen and oxygen atoms in total. The van der Waals surface area contributed by atoms with Crippen LogP contribution in [0.5, 0.6) is 5.75 Å². The molecule has 0 saturated heterocycles. The Hall–Kier alpha value is -2.20. The van der Waals surface area contributed by atoms with Gasteiger partial charge in [-0.3, -0.25) is 5.32 Å². The minimum Gasteiger partial charge on any atom is -0.507 e. The van der Waals surface area contributed by atoms with Crippen LogP contribution in [0, 0.1) is 11.5 Å². The number of methoxy groups -OCH3 is 1. The Morgan fingerprint density at radius 1 is 1.61 bits per heavy atom. The summed E-state index contributed by atoms with van der Waals surface area (Å²) in [7, 11) is 1.23. The summed E-state index contributed by atoms with van der Waals surface area (Å²) in [4.78, 5) is 15.3. The molecule has 0 aliphatic heterocycles. The molecule has 0 aromatic heterocycles. The number of rotatable bonds is 2. The fourth-order valence-corrected chi connectivity index (χ4v) is 1.51. The van der Waals surface area contributed by atoms with Crippen molar-refractivity contribution >= 4 is 28.6 Å². The first-order chi connectivity index (χ1) is 8.62. The van der Waals surface area contributed by atoms with Gasteiger partial charge < -0.3 is 9.84 Å². The molecule has 0 heterocycles. The molecule has 0 amide bonds. The maximum atomic E-state index is 11.2. The maximum absolute atomic E-state index is 11.2. The quantitative estimate of drug-likeness (QED) is 0.277. The summed E-state index contributed by atoms with van der Waals surface area (Å²) in [6.45, 7) is 0. The number of nitriles is 1. The molecule has 0 aliphatic rings. The van der Waals surface area contributed by atoms with Crippen molar-refractivity contribution in [3.05, 3.63) is 23.8 Å². The molecule has 18 heavy (non-hydrogen) atoms. The zero-order chi connectivity index (χ0) is 13.5. The molecular weight excluding hydrogens is 254 g/mol. The molecule has 1 aromatic rings. The first-order valence-corrected chi connectivity index (χ1v) is 6.04. The summed E-state index contributed by atoms with van der Waals surface area (Å²) in [6, 6.07) is 4.27. The van der Waals surface area contributed by atoms with Crippen LogP contribution in [0.25, 0.3) is 0 Å². The van der Waals surface area contributed by atoms with E-state index in [0.717, 1.165) is 0 Å². The SMILES string of the molecule is COC(=O)c1ccc(N=C(NC#N)SC)cc1O. The standard InChI is InChI=1S/C11H11N3O3S/c1-17-10(16)8-4-3-7(5-9(8)15)14-11(18-2)13-6-12/h3-5,15H,1-2H3,(H,13,14). The monoisotopic (exact) mass is 265 g/mol. The van der Waals surface area contributed by atoms with Crippen LogP contribution in [0.1, 0.15) is 10.4 Å². The molecule has 94 valence electrons. The highest BCUT2D eigenvalue weighted by Crippen LogP contribution is 2.25. The number of carbonyl (C=O) groups is 1. The summed E-state index contributed by atoms with van der Waals surface area (Å²) < 4.78 is 4.50. The highest BCUT2D eigenvalue weighted by Gasteiger charge is 2.11. The number of phenolic OH excluding ortho intramolecular Hbond substituents is 1. The van der Waals surface area contributed by atoms with Crippen molar-refractivity contribution in [2.45, 2.75) is 0 Å². The Bertz CT molecular complexity index is 523. The van der Waals surface area contributed by atoms with Crippen molar-refractivity contribution in [3.63, 3.8) is 0 Å². The lowest BCUT2D eigenvalue weighted by Gasteiger charge is -2.04.